The second-order valence-corrected chi connectivity index (χ2v) is 28.8. The number of aliphatic hydroxyl groups is 1. The van der Waals surface area contributed by atoms with Crippen molar-refractivity contribution in [2.24, 2.45) is 23.7 Å². The summed E-state index contributed by atoms with van der Waals surface area (Å²) in [5.41, 5.74) is 0. The van der Waals surface area contributed by atoms with Gasteiger partial charge in [-0.25, -0.2) is 9.13 Å². The molecule has 0 aliphatic carbocycles. The molecule has 0 fully saturated rings. The van der Waals surface area contributed by atoms with Crippen LogP contribution >= 0.6 is 15.6 Å². The number of carbonyl (C=O) groups excluding carboxylic acids is 4. The van der Waals surface area contributed by atoms with Crippen LogP contribution in [-0.2, 0) is 65.4 Å². The van der Waals surface area contributed by atoms with Crippen LogP contribution in [0.15, 0.2) is 0 Å². The van der Waals surface area contributed by atoms with E-state index in [2.05, 4.69) is 55.4 Å². The summed E-state index contributed by atoms with van der Waals surface area (Å²) in [6.45, 7) is 14.0. The number of esters is 4. The van der Waals surface area contributed by atoms with Crippen molar-refractivity contribution in [1.29, 1.82) is 0 Å². The van der Waals surface area contributed by atoms with Gasteiger partial charge in [0, 0.05) is 25.7 Å². The normalized spacial score (nSPS) is 14.7. The van der Waals surface area contributed by atoms with Crippen molar-refractivity contribution in [3.05, 3.63) is 0 Å². The molecule has 0 amide bonds. The molecule has 0 spiro atoms. The average molecular weight is 1270 g/mol. The highest BCUT2D eigenvalue weighted by Crippen LogP contribution is 2.45. The fourth-order valence-electron chi connectivity index (χ4n) is 9.93. The molecule has 6 atom stereocenters. The largest absolute Gasteiger partial charge is 0.472 e. The molecule has 0 bridgehead atoms. The van der Waals surface area contributed by atoms with Gasteiger partial charge in [0.15, 0.2) is 12.2 Å². The number of unbranched alkanes of at least 4 members (excludes halogenated alkanes) is 29. The number of phosphoric acid groups is 2. The lowest BCUT2D eigenvalue weighted by molar-refractivity contribution is -0.161. The molecule has 19 heteroatoms. The predicted molar refractivity (Wildman–Crippen MR) is 344 cm³/mol. The first kappa shape index (κ1) is 84.1. The van der Waals surface area contributed by atoms with E-state index in [9.17, 15) is 43.2 Å². The van der Waals surface area contributed by atoms with E-state index >= 15 is 0 Å². The lowest BCUT2D eigenvalue weighted by Gasteiger charge is -2.21. The topological polar surface area (TPSA) is 237 Å². The molecule has 3 N–H and O–H groups in total. The monoisotopic (exact) mass is 1270 g/mol. The number of hydrogen-bond donors (Lipinski definition) is 3. The SMILES string of the molecule is CCC(C)CCCCCCCCC(=O)OC[C@H](COP(=O)(O)OC[C@H](O)COP(=O)(O)OC[C@@H](COC(=O)CCCCCCCCCCCCC(C)C)OC(=O)CCCCCCCCCCCC(C)C)OC(=O)CCCCCCCCCCC(C)C. The lowest BCUT2D eigenvalue weighted by atomic mass is 10.00. The van der Waals surface area contributed by atoms with Crippen LogP contribution in [0.3, 0.4) is 0 Å². The van der Waals surface area contributed by atoms with Gasteiger partial charge in [0.1, 0.15) is 19.3 Å². The first-order chi connectivity index (χ1) is 41.1. The van der Waals surface area contributed by atoms with Gasteiger partial charge in [0.25, 0.3) is 0 Å². The van der Waals surface area contributed by atoms with Gasteiger partial charge >= 0.3 is 39.5 Å². The Morgan fingerprint density at radius 3 is 0.826 bits per heavy atom. The Balaban J connectivity index is 5.26. The van der Waals surface area contributed by atoms with E-state index < -0.39 is 97.5 Å². The van der Waals surface area contributed by atoms with Gasteiger partial charge in [-0.3, -0.25) is 37.3 Å². The molecule has 0 saturated heterocycles. The van der Waals surface area contributed by atoms with E-state index in [1.54, 1.807) is 0 Å². The van der Waals surface area contributed by atoms with Crippen molar-refractivity contribution in [2.75, 3.05) is 39.6 Å². The average Bonchev–Trinajstić information content (AvgIpc) is 3.55. The van der Waals surface area contributed by atoms with E-state index in [4.69, 9.17) is 37.0 Å². The summed E-state index contributed by atoms with van der Waals surface area (Å²) in [5, 5.41) is 10.6. The van der Waals surface area contributed by atoms with Gasteiger partial charge in [-0.2, -0.15) is 0 Å². The van der Waals surface area contributed by atoms with E-state index in [1.807, 2.05) is 0 Å². The summed E-state index contributed by atoms with van der Waals surface area (Å²) >= 11 is 0. The van der Waals surface area contributed by atoms with Crippen LogP contribution in [0.5, 0.6) is 0 Å². The molecule has 0 radical (unpaired) electrons. The summed E-state index contributed by atoms with van der Waals surface area (Å²) < 4.78 is 68.1. The number of phosphoric ester groups is 2. The predicted octanol–water partition coefficient (Wildman–Crippen LogP) is 18.5. The Morgan fingerprint density at radius 1 is 0.326 bits per heavy atom. The van der Waals surface area contributed by atoms with Crippen molar-refractivity contribution < 1.29 is 80.2 Å². The van der Waals surface area contributed by atoms with E-state index in [-0.39, 0.29) is 25.7 Å². The minimum Gasteiger partial charge on any atom is -0.462 e. The zero-order chi connectivity index (χ0) is 63.9. The molecular formula is C67H130O17P2. The third-order valence-corrected chi connectivity index (χ3v) is 17.6. The quantitative estimate of drug-likeness (QED) is 0.0222. The first-order valence-electron chi connectivity index (χ1n) is 34.7. The number of rotatable bonds is 64. The van der Waals surface area contributed by atoms with Crippen molar-refractivity contribution in [1.82, 2.24) is 0 Å². The summed E-state index contributed by atoms with van der Waals surface area (Å²) in [4.78, 5) is 72.4. The number of hydrogen-bond acceptors (Lipinski definition) is 15. The molecule has 0 aliphatic heterocycles. The summed E-state index contributed by atoms with van der Waals surface area (Å²) in [6.07, 6.45) is 37.6. The summed E-state index contributed by atoms with van der Waals surface area (Å²) in [6, 6.07) is 0. The molecule has 17 nitrogen and oxygen atoms in total. The number of carbonyl (C=O) groups is 4. The van der Waals surface area contributed by atoms with Gasteiger partial charge in [0.2, 0.25) is 0 Å². The van der Waals surface area contributed by atoms with Crippen LogP contribution in [0.25, 0.3) is 0 Å². The molecule has 0 heterocycles. The van der Waals surface area contributed by atoms with Crippen molar-refractivity contribution in [3.63, 3.8) is 0 Å². The van der Waals surface area contributed by atoms with E-state index in [1.165, 1.54) is 122 Å². The first-order valence-corrected chi connectivity index (χ1v) is 37.7. The molecule has 0 aliphatic rings. The Kier molecular flexibility index (Phi) is 55.7. The Bertz CT molecular complexity index is 1720. The third kappa shape index (κ3) is 59.7. The van der Waals surface area contributed by atoms with Crippen molar-refractivity contribution in [3.8, 4) is 0 Å². The lowest BCUT2D eigenvalue weighted by Crippen LogP contribution is -2.30. The molecule has 0 aromatic rings. The molecule has 510 valence electrons. The van der Waals surface area contributed by atoms with Crippen LogP contribution < -0.4 is 0 Å². The standard InChI is InChI=1S/C67H130O17P2/c1-9-60(8)46-38-30-25-26-32-40-48-65(70)78-54-63(84-67(72)50-42-34-24-18-17-21-29-37-45-59(6)7)56-82-86(75,76)80-52-61(68)51-79-85(73,74)81-55-62(83-66(71)49-41-33-23-16-12-14-20-28-36-44-58(4)5)53-77-64(69)47-39-31-22-15-11-10-13-19-27-35-43-57(2)3/h57-63,68H,9-56H2,1-8H3,(H,73,74)(H,75,76)/t60?,61-,62-,63-/m1/s1. The second kappa shape index (κ2) is 57.0. The van der Waals surface area contributed by atoms with Gasteiger partial charge in [-0.15, -0.1) is 0 Å². The minimum atomic E-state index is -4.95. The number of ether oxygens (including phenoxy) is 4. The molecule has 0 aromatic heterocycles. The molecular weight excluding hydrogens is 1140 g/mol. The van der Waals surface area contributed by atoms with Crippen LogP contribution in [0.2, 0.25) is 0 Å². The zero-order valence-electron chi connectivity index (χ0n) is 55.9. The van der Waals surface area contributed by atoms with Crippen LogP contribution in [0.1, 0.15) is 325 Å². The molecule has 0 rings (SSSR count). The highest BCUT2D eigenvalue weighted by atomic mass is 31.2. The maximum absolute atomic E-state index is 13.0. The van der Waals surface area contributed by atoms with E-state index in [0.717, 1.165) is 120 Å². The van der Waals surface area contributed by atoms with Gasteiger partial charge in [-0.1, -0.05) is 274 Å². The smallest absolute Gasteiger partial charge is 0.462 e. The van der Waals surface area contributed by atoms with Gasteiger partial charge < -0.3 is 33.8 Å². The highest BCUT2D eigenvalue weighted by molar-refractivity contribution is 7.47. The Hall–Kier alpha value is -1.94. The Morgan fingerprint density at radius 2 is 0.558 bits per heavy atom. The van der Waals surface area contributed by atoms with Crippen molar-refractivity contribution >= 4 is 39.5 Å². The third-order valence-electron chi connectivity index (χ3n) is 15.7. The fourth-order valence-corrected chi connectivity index (χ4v) is 11.5. The fraction of sp³-hybridized carbons (Fsp3) is 0.940. The maximum atomic E-state index is 13.0. The number of aliphatic hydroxyl groups excluding tert-OH is 1. The van der Waals surface area contributed by atoms with Crippen molar-refractivity contribution in [2.45, 2.75) is 343 Å². The molecule has 0 saturated carbocycles. The van der Waals surface area contributed by atoms with Crippen LogP contribution in [0.4, 0.5) is 0 Å². The van der Waals surface area contributed by atoms with Crippen LogP contribution in [-0.4, -0.2) is 96.7 Å². The molecule has 0 aromatic carbocycles. The van der Waals surface area contributed by atoms with Crippen LogP contribution in [0, 0.1) is 23.7 Å². The second-order valence-electron chi connectivity index (χ2n) is 25.9. The highest BCUT2D eigenvalue weighted by Gasteiger charge is 2.30. The zero-order valence-corrected chi connectivity index (χ0v) is 57.7. The van der Waals surface area contributed by atoms with Gasteiger partial charge in [-0.05, 0) is 49.4 Å². The maximum Gasteiger partial charge on any atom is 0.472 e. The van der Waals surface area contributed by atoms with E-state index in [0.29, 0.717) is 25.7 Å². The Labute approximate surface area is 524 Å². The minimum absolute atomic E-state index is 0.103. The summed E-state index contributed by atoms with van der Waals surface area (Å²) in [5.74, 6) is 0.808. The van der Waals surface area contributed by atoms with Gasteiger partial charge in [0.05, 0.1) is 26.4 Å². The molecule has 3 unspecified atom stereocenters. The molecule has 86 heavy (non-hydrogen) atoms. The summed E-state index contributed by atoms with van der Waals surface area (Å²) in [7, 11) is -9.90.